The fourth-order valence-electron chi connectivity index (χ4n) is 3.04. The Labute approximate surface area is 107 Å². The fraction of sp³-hybridized carbons (Fsp3) is 0.571. The van der Waals surface area contributed by atoms with E-state index in [-0.39, 0.29) is 11.6 Å². The third-order valence-corrected chi connectivity index (χ3v) is 4.24. The quantitative estimate of drug-likeness (QED) is 0.898. The van der Waals surface area contributed by atoms with Gasteiger partial charge in [0.2, 0.25) is 0 Å². The Bertz CT molecular complexity index is 426. The average Bonchev–Trinajstić information content (AvgIpc) is 2.82. The topological polar surface area (TPSA) is 29.3 Å². The lowest BCUT2D eigenvalue weighted by Gasteiger charge is -2.41. The first-order chi connectivity index (χ1) is 8.47. The van der Waals surface area contributed by atoms with Crippen LogP contribution in [-0.2, 0) is 0 Å². The Morgan fingerprint density at radius 1 is 1.17 bits per heavy atom. The van der Waals surface area contributed by atoms with E-state index in [2.05, 4.69) is 4.90 Å². The highest BCUT2D eigenvalue weighted by atomic mass is 19.2. The SMILES string of the molecule is CN(C)C1(C(N)c2ccc(F)c(F)c2)CCCC1. The van der Waals surface area contributed by atoms with Crippen LogP contribution in [0.1, 0.15) is 37.3 Å². The van der Waals surface area contributed by atoms with Gasteiger partial charge < -0.3 is 10.6 Å². The van der Waals surface area contributed by atoms with E-state index in [4.69, 9.17) is 5.73 Å². The fourth-order valence-corrected chi connectivity index (χ4v) is 3.04. The van der Waals surface area contributed by atoms with E-state index >= 15 is 0 Å². The molecule has 100 valence electrons. The highest BCUT2D eigenvalue weighted by molar-refractivity contribution is 5.25. The zero-order valence-corrected chi connectivity index (χ0v) is 10.9. The highest BCUT2D eigenvalue weighted by Gasteiger charge is 2.42. The van der Waals surface area contributed by atoms with E-state index in [0.717, 1.165) is 31.7 Å². The van der Waals surface area contributed by atoms with Gasteiger partial charge in [-0.15, -0.1) is 0 Å². The maximum atomic E-state index is 13.3. The van der Waals surface area contributed by atoms with E-state index in [1.807, 2.05) is 14.1 Å². The van der Waals surface area contributed by atoms with Crippen LogP contribution in [0.4, 0.5) is 8.78 Å². The van der Waals surface area contributed by atoms with Crippen LogP contribution >= 0.6 is 0 Å². The molecule has 0 bridgehead atoms. The molecular formula is C14H20F2N2. The molecule has 0 aliphatic heterocycles. The van der Waals surface area contributed by atoms with Crippen LogP contribution < -0.4 is 5.73 Å². The molecule has 1 aliphatic rings. The van der Waals surface area contributed by atoms with Crippen molar-refractivity contribution in [1.82, 2.24) is 4.90 Å². The Morgan fingerprint density at radius 2 is 1.78 bits per heavy atom. The molecule has 2 N–H and O–H groups in total. The number of likely N-dealkylation sites (N-methyl/N-ethyl adjacent to an activating group) is 1. The summed E-state index contributed by atoms with van der Waals surface area (Å²) in [5.41, 5.74) is 6.86. The lowest BCUT2D eigenvalue weighted by Crippen LogP contribution is -2.50. The summed E-state index contributed by atoms with van der Waals surface area (Å²) in [6.45, 7) is 0. The van der Waals surface area contributed by atoms with Crippen molar-refractivity contribution in [1.29, 1.82) is 0 Å². The molecule has 1 aromatic rings. The van der Waals surface area contributed by atoms with E-state index in [9.17, 15) is 8.78 Å². The first-order valence-electron chi connectivity index (χ1n) is 6.35. The van der Waals surface area contributed by atoms with Crippen molar-refractivity contribution in [3.05, 3.63) is 35.4 Å². The zero-order valence-electron chi connectivity index (χ0n) is 10.9. The summed E-state index contributed by atoms with van der Waals surface area (Å²) >= 11 is 0. The van der Waals surface area contributed by atoms with E-state index in [0.29, 0.717) is 5.56 Å². The largest absolute Gasteiger partial charge is 0.322 e. The van der Waals surface area contributed by atoms with Gasteiger partial charge in [0.15, 0.2) is 11.6 Å². The van der Waals surface area contributed by atoms with Crippen molar-refractivity contribution < 1.29 is 8.78 Å². The maximum Gasteiger partial charge on any atom is 0.159 e. The Morgan fingerprint density at radius 3 is 2.28 bits per heavy atom. The summed E-state index contributed by atoms with van der Waals surface area (Å²) in [6, 6.07) is 3.68. The molecule has 1 aliphatic carbocycles. The molecule has 0 radical (unpaired) electrons. The predicted molar refractivity (Wildman–Crippen MR) is 68.2 cm³/mol. The van der Waals surface area contributed by atoms with Crippen LogP contribution in [0.5, 0.6) is 0 Å². The lowest BCUT2D eigenvalue weighted by molar-refractivity contribution is 0.123. The molecule has 0 aromatic heterocycles. The number of hydrogen-bond donors (Lipinski definition) is 1. The summed E-state index contributed by atoms with van der Waals surface area (Å²) in [4.78, 5) is 2.13. The van der Waals surface area contributed by atoms with E-state index < -0.39 is 11.6 Å². The first kappa shape index (κ1) is 13.4. The second-order valence-corrected chi connectivity index (χ2v) is 5.36. The van der Waals surface area contributed by atoms with Gasteiger partial charge >= 0.3 is 0 Å². The first-order valence-corrected chi connectivity index (χ1v) is 6.35. The Kier molecular flexibility index (Phi) is 3.69. The Balaban J connectivity index is 2.33. The molecule has 1 atom stereocenters. The summed E-state index contributed by atoms with van der Waals surface area (Å²) in [7, 11) is 4.01. The van der Waals surface area contributed by atoms with E-state index in [1.165, 1.54) is 6.07 Å². The molecule has 0 heterocycles. The summed E-state index contributed by atoms with van der Waals surface area (Å²) in [5.74, 6) is -1.65. The maximum absolute atomic E-state index is 13.3. The molecule has 18 heavy (non-hydrogen) atoms. The Hall–Kier alpha value is -1.00. The van der Waals surface area contributed by atoms with Crippen LogP contribution in [-0.4, -0.2) is 24.5 Å². The number of hydrogen-bond acceptors (Lipinski definition) is 2. The normalized spacial score (nSPS) is 20.3. The summed E-state index contributed by atoms with van der Waals surface area (Å²) in [6.07, 6.45) is 4.27. The van der Waals surface area contributed by atoms with Gasteiger partial charge in [-0.1, -0.05) is 18.9 Å². The molecule has 1 fully saturated rings. The molecule has 4 heteroatoms. The number of halogens is 2. The minimum Gasteiger partial charge on any atom is -0.322 e. The van der Waals surface area contributed by atoms with Crippen molar-refractivity contribution >= 4 is 0 Å². The van der Waals surface area contributed by atoms with Gasteiger partial charge in [-0.05, 0) is 44.6 Å². The van der Waals surface area contributed by atoms with Gasteiger partial charge in [-0.25, -0.2) is 8.78 Å². The predicted octanol–water partition coefficient (Wildman–Crippen LogP) is 2.84. The number of nitrogens with zero attached hydrogens (tertiary/aromatic N) is 1. The smallest absolute Gasteiger partial charge is 0.159 e. The van der Waals surface area contributed by atoms with Crippen LogP contribution in [0.25, 0.3) is 0 Å². The van der Waals surface area contributed by atoms with Gasteiger partial charge in [-0.2, -0.15) is 0 Å². The van der Waals surface area contributed by atoms with Gasteiger partial charge in [0.25, 0.3) is 0 Å². The minimum absolute atomic E-state index is 0.135. The van der Waals surface area contributed by atoms with Gasteiger partial charge in [-0.3, -0.25) is 0 Å². The lowest BCUT2D eigenvalue weighted by atomic mass is 9.83. The van der Waals surface area contributed by atoms with Crippen molar-refractivity contribution in [3.8, 4) is 0 Å². The minimum atomic E-state index is -0.824. The standard InChI is InChI=1S/C14H20F2N2/c1-18(2)14(7-3-4-8-14)13(17)10-5-6-11(15)12(16)9-10/h5-6,9,13H,3-4,7-8,17H2,1-2H3. The number of benzene rings is 1. The molecule has 1 saturated carbocycles. The molecule has 1 unspecified atom stereocenters. The zero-order chi connectivity index (χ0) is 13.3. The third-order valence-electron chi connectivity index (χ3n) is 4.24. The monoisotopic (exact) mass is 254 g/mol. The molecule has 0 spiro atoms. The van der Waals surface area contributed by atoms with Crippen LogP contribution in [0, 0.1) is 11.6 Å². The van der Waals surface area contributed by atoms with Gasteiger partial charge in [0, 0.05) is 11.6 Å². The highest BCUT2D eigenvalue weighted by Crippen LogP contribution is 2.42. The summed E-state index contributed by atoms with van der Waals surface area (Å²) < 4.78 is 26.3. The number of rotatable bonds is 3. The van der Waals surface area contributed by atoms with Crippen molar-refractivity contribution in [3.63, 3.8) is 0 Å². The van der Waals surface area contributed by atoms with Crippen LogP contribution in [0.15, 0.2) is 18.2 Å². The second kappa shape index (κ2) is 4.94. The molecule has 2 nitrogen and oxygen atoms in total. The molecule has 0 amide bonds. The van der Waals surface area contributed by atoms with Crippen molar-refractivity contribution in [2.24, 2.45) is 5.73 Å². The molecule has 0 saturated heterocycles. The summed E-state index contributed by atoms with van der Waals surface area (Å²) in [5, 5.41) is 0. The van der Waals surface area contributed by atoms with E-state index in [1.54, 1.807) is 6.07 Å². The third kappa shape index (κ3) is 2.15. The average molecular weight is 254 g/mol. The molecule has 1 aromatic carbocycles. The molecular weight excluding hydrogens is 234 g/mol. The second-order valence-electron chi connectivity index (χ2n) is 5.36. The van der Waals surface area contributed by atoms with Gasteiger partial charge in [0.05, 0.1) is 0 Å². The number of nitrogens with two attached hydrogens (primary N) is 1. The van der Waals surface area contributed by atoms with Crippen molar-refractivity contribution in [2.45, 2.75) is 37.3 Å². The van der Waals surface area contributed by atoms with Crippen LogP contribution in [0.3, 0.4) is 0 Å². The van der Waals surface area contributed by atoms with Crippen LogP contribution in [0.2, 0.25) is 0 Å². The van der Waals surface area contributed by atoms with Gasteiger partial charge in [0.1, 0.15) is 0 Å². The van der Waals surface area contributed by atoms with Crippen molar-refractivity contribution in [2.75, 3.05) is 14.1 Å². The molecule has 2 rings (SSSR count).